The van der Waals surface area contributed by atoms with Crippen LogP contribution in [0.4, 0.5) is 0 Å². The Morgan fingerprint density at radius 1 is 0.914 bits per heavy atom. The molecule has 0 N–H and O–H groups in total. The molecule has 0 aliphatic heterocycles. The molecule has 0 fully saturated rings. The molecule has 0 aliphatic rings. The van der Waals surface area contributed by atoms with Crippen molar-refractivity contribution in [3.8, 4) is 6.07 Å². The molecule has 2 aromatic carbocycles. The highest BCUT2D eigenvalue weighted by Gasteiger charge is 2.24. The fourth-order valence-corrected chi connectivity index (χ4v) is 3.60. The Bertz CT molecular complexity index is 1150. The predicted molar refractivity (Wildman–Crippen MR) is 153 cm³/mol. The molecular formula is C33H38N2. The molecule has 0 aliphatic carbocycles. The number of allylic oxidation sites excluding steroid dienone is 8. The SMILES string of the molecule is C=CC.C=C\C(C#N)=C/C=C(C)/C(C)=C(\C(=C)C)N(C(=C)c1ccccc1)C(C)c1ccccc1. The zero-order valence-electron chi connectivity index (χ0n) is 21.9. The van der Waals surface area contributed by atoms with Crippen LogP contribution in [0.3, 0.4) is 0 Å². The average Bonchev–Trinajstić information content (AvgIpc) is 2.87. The van der Waals surface area contributed by atoms with Gasteiger partial charge in [-0.1, -0.05) is 98.6 Å². The largest absolute Gasteiger partial charge is 0.334 e. The van der Waals surface area contributed by atoms with Crippen LogP contribution in [0.5, 0.6) is 0 Å². The topological polar surface area (TPSA) is 27.0 Å². The maximum atomic E-state index is 9.20. The van der Waals surface area contributed by atoms with E-state index in [0.717, 1.165) is 33.7 Å². The molecule has 2 heteroatoms. The Labute approximate surface area is 212 Å². The second-order valence-electron chi connectivity index (χ2n) is 8.22. The first-order valence-corrected chi connectivity index (χ1v) is 11.7. The van der Waals surface area contributed by atoms with Gasteiger partial charge >= 0.3 is 0 Å². The molecule has 0 saturated carbocycles. The summed E-state index contributed by atoms with van der Waals surface area (Å²) in [4.78, 5) is 2.27. The molecule has 1 unspecified atom stereocenters. The molecule has 0 heterocycles. The van der Waals surface area contributed by atoms with Crippen LogP contribution in [0, 0.1) is 11.3 Å². The van der Waals surface area contributed by atoms with Crippen molar-refractivity contribution in [2.45, 2.75) is 40.7 Å². The highest BCUT2D eigenvalue weighted by Crippen LogP contribution is 2.37. The van der Waals surface area contributed by atoms with Crippen LogP contribution in [0.25, 0.3) is 5.70 Å². The fourth-order valence-electron chi connectivity index (χ4n) is 3.60. The van der Waals surface area contributed by atoms with Crippen LogP contribution in [-0.4, -0.2) is 4.90 Å². The van der Waals surface area contributed by atoms with Gasteiger partial charge in [-0.05, 0) is 68.5 Å². The van der Waals surface area contributed by atoms with Crippen LogP contribution in [-0.2, 0) is 0 Å². The Balaban J connectivity index is 0.00000194. The van der Waals surface area contributed by atoms with Crippen molar-refractivity contribution < 1.29 is 0 Å². The number of nitriles is 1. The summed E-state index contributed by atoms with van der Waals surface area (Å²) in [6, 6.07) is 22.8. The van der Waals surface area contributed by atoms with Gasteiger partial charge in [0.25, 0.3) is 0 Å². The molecule has 1 atom stereocenters. The van der Waals surface area contributed by atoms with Crippen molar-refractivity contribution in [1.82, 2.24) is 4.90 Å². The van der Waals surface area contributed by atoms with E-state index in [4.69, 9.17) is 0 Å². The van der Waals surface area contributed by atoms with Gasteiger partial charge in [-0.2, -0.15) is 5.26 Å². The van der Waals surface area contributed by atoms with Gasteiger partial charge in [0.1, 0.15) is 0 Å². The summed E-state index contributed by atoms with van der Waals surface area (Å²) in [6.07, 6.45) is 7.05. The van der Waals surface area contributed by atoms with E-state index in [-0.39, 0.29) is 6.04 Å². The van der Waals surface area contributed by atoms with Crippen LogP contribution < -0.4 is 0 Å². The normalized spacial score (nSPS) is 12.7. The third kappa shape index (κ3) is 8.32. The second kappa shape index (κ2) is 14.9. The molecular weight excluding hydrogens is 424 g/mol. The second-order valence-corrected chi connectivity index (χ2v) is 8.22. The van der Waals surface area contributed by atoms with Gasteiger partial charge in [0.15, 0.2) is 0 Å². The Morgan fingerprint density at radius 3 is 1.89 bits per heavy atom. The van der Waals surface area contributed by atoms with Crippen molar-refractivity contribution in [2.24, 2.45) is 0 Å². The van der Waals surface area contributed by atoms with Crippen LogP contribution in [0.1, 0.15) is 51.8 Å². The monoisotopic (exact) mass is 462 g/mol. The van der Waals surface area contributed by atoms with Gasteiger partial charge in [0, 0.05) is 11.4 Å². The number of hydrogen-bond donors (Lipinski definition) is 0. The number of rotatable bonds is 9. The highest BCUT2D eigenvalue weighted by atomic mass is 15.2. The predicted octanol–water partition coefficient (Wildman–Crippen LogP) is 9.35. The zero-order valence-corrected chi connectivity index (χ0v) is 21.9. The molecule has 0 spiro atoms. The van der Waals surface area contributed by atoms with E-state index in [1.54, 1.807) is 18.2 Å². The lowest BCUT2D eigenvalue weighted by atomic mass is 9.96. The Kier molecular flexibility index (Phi) is 12.4. The molecule has 35 heavy (non-hydrogen) atoms. The molecule has 0 aromatic heterocycles. The van der Waals surface area contributed by atoms with E-state index in [0.29, 0.717) is 5.57 Å². The van der Waals surface area contributed by atoms with Gasteiger partial charge < -0.3 is 4.90 Å². The zero-order chi connectivity index (χ0) is 26.4. The lowest BCUT2D eigenvalue weighted by Gasteiger charge is -2.37. The first-order valence-electron chi connectivity index (χ1n) is 11.7. The lowest BCUT2D eigenvalue weighted by molar-refractivity contribution is 0.393. The molecule has 2 aromatic rings. The Hall–Kier alpha value is -4.09. The summed E-state index contributed by atoms with van der Waals surface area (Å²) in [5.74, 6) is 0. The molecule has 0 saturated heterocycles. The lowest BCUT2D eigenvalue weighted by Crippen LogP contribution is -2.26. The van der Waals surface area contributed by atoms with Gasteiger partial charge in [-0.25, -0.2) is 0 Å². The maximum Gasteiger partial charge on any atom is 0.0991 e. The van der Waals surface area contributed by atoms with Crippen LogP contribution in [0.15, 0.2) is 139 Å². The molecule has 2 rings (SSSR count). The minimum atomic E-state index is 0.0387. The summed E-state index contributed by atoms with van der Waals surface area (Å²) in [6.45, 7) is 26.1. The molecule has 0 radical (unpaired) electrons. The Morgan fingerprint density at radius 2 is 1.43 bits per heavy atom. The minimum absolute atomic E-state index is 0.0387. The number of nitrogens with zero attached hydrogens (tertiary/aromatic N) is 2. The minimum Gasteiger partial charge on any atom is -0.334 e. The standard InChI is InChI=1S/C30H32N2.C3H6/c1-8-27(21-31)20-19-23(4)24(5)30(22(2)3)32(25(6)28-15-11-9-12-16-28)26(7)29-17-13-10-14-18-29;1-3-2/h8-20,26H,1-2,6H2,3-5,7H3;3H,1H2,2H3/b23-19+,27-20+,30-24+;. The van der Waals surface area contributed by atoms with E-state index in [1.165, 1.54) is 5.56 Å². The third-order valence-corrected chi connectivity index (χ3v) is 5.52. The van der Waals surface area contributed by atoms with Gasteiger partial charge in [0.05, 0.1) is 17.7 Å². The molecule has 0 bridgehead atoms. The van der Waals surface area contributed by atoms with Gasteiger partial charge in [-0.3, -0.25) is 0 Å². The van der Waals surface area contributed by atoms with E-state index in [2.05, 4.69) is 87.5 Å². The van der Waals surface area contributed by atoms with E-state index >= 15 is 0 Å². The summed E-state index contributed by atoms with van der Waals surface area (Å²) in [7, 11) is 0. The molecule has 2 nitrogen and oxygen atoms in total. The summed E-state index contributed by atoms with van der Waals surface area (Å²) < 4.78 is 0. The number of hydrogen-bond acceptors (Lipinski definition) is 2. The third-order valence-electron chi connectivity index (χ3n) is 5.52. The average molecular weight is 463 g/mol. The van der Waals surface area contributed by atoms with Crippen molar-refractivity contribution in [3.05, 3.63) is 150 Å². The van der Waals surface area contributed by atoms with E-state index in [9.17, 15) is 5.26 Å². The first-order chi connectivity index (χ1) is 16.7. The van der Waals surface area contributed by atoms with Crippen molar-refractivity contribution in [3.63, 3.8) is 0 Å². The highest BCUT2D eigenvalue weighted by molar-refractivity contribution is 5.66. The number of benzene rings is 2. The summed E-state index contributed by atoms with van der Waals surface area (Å²) in [5, 5.41) is 9.20. The van der Waals surface area contributed by atoms with Gasteiger partial charge in [0.2, 0.25) is 0 Å². The molecule has 180 valence electrons. The van der Waals surface area contributed by atoms with Crippen LogP contribution >= 0.6 is 0 Å². The van der Waals surface area contributed by atoms with E-state index in [1.807, 2.05) is 51.1 Å². The van der Waals surface area contributed by atoms with Gasteiger partial charge in [-0.15, -0.1) is 6.58 Å². The summed E-state index contributed by atoms with van der Waals surface area (Å²) in [5.41, 5.74) is 7.78. The quantitative estimate of drug-likeness (QED) is 0.211. The van der Waals surface area contributed by atoms with E-state index < -0.39 is 0 Å². The first kappa shape index (κ1) is 28.9. The van der Waals surface area contributed by atoms with Crippen LogP contribution in [0.2, 0.25) is 0 Å². The fraction of sp³-hybridized carbons (Fsp3) is 0.182. The smallest absolute Gasteiger partial charge is 0.0991 e. The maximum absolute atomic E-state index is 9.20. The van der Waals surface area contributed by atoms with Crippen molar-refractivity contribution >= 4 is 5.70 Å². The summed E-state index contributed by atoms with van der Waals surface area (Å²) >= 11 is 0. The van der Waals surface area contributed by atoms with Crippen molar-refractivity contribution in [2.75, 3.05) is 0 Å². The molecule has 0 amide bonds. The van der Waals surface area contributed by atoms with Crippen molar-refractivity contribution in [1.29, 1.82) is 5.26 Å².